The summed E-state index contributed by atoms with van der Waals surface area (Å²) in [7, 11) is 0. The van der Waals surface area contributed by atoms with Gasteiger partial charge >= 0.3 is 5.97 Å². The Morgan fingerprint density at radius 2 is 1.50 bits per heavy atom. The first-order valence-corrected chi connectivity index (χ1v) is 8.85. The highest BCUT2D eigenvalue weighted by Gasteiger charge is 2.03. The van der Waals surface area contributed by atoms with E-state index in [4.69, 9.17) is 9.84 Å². The summed E-state index contributed by atoms with van der Waals surface area (Å²) in [5.74, 6) is -0.432. The van der Waals surface area contributed by atoms with Crippen LogP contribution in [-0.2, 0) is 28.9 Å². The molecule has 0 radical (unpaired) electrons. The summed E-state index contributed by atoms with van der Waals surface area (Å²) >= 11 is 0. The number of hydrogen-bond acceptors (Lipinski definition) is 3. The minimum Gasteiger partial charge on any atom is -0.482 e. The summed E-state index contributed by atoms with van der Waals surface area (Å²) in [5, 5.41) is 11.5. The number of rotatable bonds is 10. The number of carboxylic acids is 1. The molecule has 0 saturated carbocycles. The van der Waals surface area contributed by atoms with Crippen LogP contribution in [0.25, 0.3) is 0 Å². The fourth-order valence-electron chi connectivity index (χ4n) is 2.53. The first kappa shape index (κ1) is 19.5. The van der Waals surface area contributed by atoms with E-state index in [1.54, 1.807) is 12.1 Å². The molecule has 0 bridgehead atoms. The molecule has 5 heteroatoms. The summed E-state index contributed by atoms with van der Waals surface area (Å²) in [6.07, 6.45) is 2.96. The van der Waals surface area contributed by atoms with E-state index in [9.17, 15) is 9.59 Å². The zero-order chi connectivity index (χ0) is 18.8. The monoisotopic (exact) mass is 355 g/mol. The van der Waals surface area contributed by atoms with E-state index in [1.807, 2.05) is 12.1 Å². The quantitative estimate of drug-likeness (QED) is 0.687. The third-order valence-corrected chi connectivity index (χ3v) is 4.09. The molecule has 138 valence electrons. The smallest absolute Gasteiger partial charge is 0.341 e. The molecule has 0 aromatic heterocycles. The molecule has 2 N–H and O–H groups in total. The molecule has 0 atom stereocenters. The molecule has 0 heterocycles. The van der Waals surface area contributed by atoms with Crippen LogP contribution in [0, 0.1) is 0 Å². The van der Waals surface area contributed by atoms with Crippen molar-refractivity contribution >= 4 is 11.9 Å². The summed E-state index contributed by atoms with van der Waals surface area (Å²) in [5.41, 5.74) is 3.54. The van der Waals surface area contributed by atoms with Crippen molar-refractivity contribution in [3.05, 3.63) is 65.2 Å². The Balaban J connectivity index is 1.66. The van der Waals surface area contributed by atoms with Crippen molar-refractivity contribution in [2.45, 2.75) is 32.6 Å². The SMILES string of the molecule is CCc1ccc(CCC(=O)NCCc2ccc(OCC(=O)O)cc2)cc1. The minimum absolute atomic E-state index is 0.0472. The highest BCUT2D eigenvalue weighted by Crippen LogP contribution is 2.12. The molecule has 2 aromatic carbocycles. The van der Waals surface area contributed by atoms with Crippen LogP contribution in [-0.4, -0.2) is 30.1 Å². The molecule has 0 aliphatic heterocycles. The van der Waals surface area contributed by atoms with Gasteiger partial charge in [0.25, 0.3) is 0 Å². The molecule has 0 aliphatic rings. The van der Waals surface area contributed by atoms with Gasteiger partial charge in [0.15, 0.2) is 6.61 Å². The first-order valence-electron chi connectivity index (χ1n) is 8.85. The third-order valence-electron chi connectivity index (χ3n) is 4.09. The molecule has 5 nitrogen and oxygen atoms in total. The first-order chi connectivity index (χ1) is 12.6. The van der Waals surface area contributed by atoms with E-state index in [-0.39, 0.29) is 12.5 Å². The Labute approximate surface area is 154 Å². The van der Waals surface area contributed by atoms with Gasteiger partial charge in [-0.3, -0.25) is 4.79 Å². The number of aryl methyl sites for hydroxylation is 2. The Hall–Kier alpha value is -2.82. The van der Waals surface area contributed by atoms with Crippen molar-refractivity contribution in [3.8, 4) is 5.75 Å². The van der Waals surface area contributed by atoms with Crippen molar-refractivity contribution in [2.24, 2.45) is 0 Å². The number of benzene rings is 2. The van der Waals surface area contributed by atoms with Crippen molar-refractivity contribution in [1.82, 2.24) is 5.32 Å². The Bertz CT molecular complexity index is 708. The standard InChI is InChI=1S/C21H25NO4/c1-2-16-3-5-17(6-4-16)9-12-20(23)22-14-13-18-7-10-19(11-8-18)26-15-21(24)25/h3-8,10-11H,2,9,12-15H2,1H3,(H,22,23)(H,24,25). The Kier molecular flexibility index (Phi) is 7.68. The normalized spacial score (nSPS) is 10.3. The van der Waals surface area contributed by atoms with Gasteiger partial charge in [-0.25, -0.2) is 4.79 Å². The largest absolute Gasteiger partial charge is 0.482 e. The number of amides is 1. The number of nitrogens with one attached hydrogen (secondary N) is 1. The second-order valence-electron chi connectivity index (χ2n) is 6.10. The summed E-state index contributed by atoms with van der Waals surface area (Å²) < 4.78 is 5.08. The van der Waals surface area contributed by atoms with Crippen LogP contribution < -0.4 is 10.1 Å². The predicted octanol–water partition coefficient (Wildman–Crippen LogP) is 3.00. The molecular formula is C21H25NO4. The maximum absolute atomic E-state index is 11.9. The summed E-state index contributed by atoms with van der Waals surface area (Å²) in [6.45, 7) is 2.35. The van der Waals surface area contributed by atoms with Crippen LogP contribution in [0.3, 0.4) is 0 Å². The molecule has 1 amide bonds. The number of hydrogen-bond donors (Lipinski definition) is 2. The van der Waals surface area contributed by atoms with Crippen LogP contribution in [0.15, 0.2) is 48.5 Å². The van der Waals surface area contributed by atoms with Gasteiger partial charge in [-0.15, -0.1) is 0 Å². The lowest BCUT2D eigenvalue weighted by Gasteiger charge is -2.07. The average Bonchev–Trinajstić information content (AvgIpc) is 2.66. The maximum Gasteiger partial charge on any atom is 0.341 e. The van der Waals surface area contributed by atoms with Crippen LogP contribution in [0.2, 0.25) is 0 Å². The highest BCUT2D eigenvalue weighted by atomic mass is 16.5. The molecule has 0 spiro atoms. The van der Waals surface area contributed by atoms with Crippen LogP contribution >= 0.6 is 0 Å². The van der Waals surface area contributed by atoms with E-state index in [1.165, 1.54) is 11.1 Å². The number of carboxylic acid groups (broad SMARTS) is 1. The van der Waals surface area contributed by atoms with Gasteiger partial charge in [0.05, 0.1) is 0 Å². The van der Waals surface area contributed by atoms with Crippen molar-refractivity contribution in [2.75, 3.05) is 13.2 Å². The fraction of sp³-hybridized carbons (Fsp3) is 0.333. The van der Waals surface area contributed by atoms with Crippen LogP contribution in [0.5, 0.6) is 5.75 Å². The molecule has 26 heavy (non-hydrogen) atoms. The molecule has 0 fully saturated rings. The van der Waals surface area contributed by atoms with Gasteiger partial charge < -0.3 is 15.2 Å². The van der Waals surface area contributed by atoms with Crippen molar-refractivity contribution < 1.29 is 19.4 Å². The van der Waals surface area contributed by atoms with Gasteiger partial charge in [0.1, 0.15) is 5.75 Å². The van der Waals surface area contributed by atoms with E-state index in [2.05, 4.69) is 36.5 Å². The predicted molar refractivity (Wildman–Crippen MR) is 100 cm³/mol. The van der Waals surface area contributed by atoms with E-state index in [0.717, 1.165) is 24.8 Å². The van der Waals surface area contributed by atoms with Crippen molar-refractivity contribution in [1.29, 1.82) is 0 Å². The Morgan fingerprint density at radius 3 is 2.12 bits per heavy atom. The molecule has 0 unspecified atom stereocenters. The second kappa shape index (κ2) is 10.2. The number of aliphatic carboxylic acids is 1. The van der Waals surface area contributed by atoms with Gasteiger partial charge in [0, 0.05) is 13.0 Å². The maximum atomic E-state index is 11.9. The zero-order valence-electron chi connectivity index (χ0n) is 15.0. The second-order valence-corrected chi connectivity index (χ2v) is 6.10. The van der Waals surface area contributed by atoms with Gasteiger partial charge in [-0.2, -0.15) is 0 Å². The molecular weight excluding hydrogens is 330 g/mol. The van der Waals surface area contributed by atoms with Crippen molar-refractivity contribution in [3.63, 3.8) is 0 Å². The highest BCUT2D eigenvalue weighted by molar-refractivity contribution is 5.76. The third kappa shape index (κ3) is 6.97. The summed E-state index contributed by atoms with van der Waals surface area (Å²) in [4.78, 5) is 22.4. The Morgan fingerprint density at radius 1 is 0.923 bits per heavy atom. The van der Waals surface area contributed by atoms with E-state index < -0.39 is 5.97 Å². The number of carbonyl (C=O) groups is 2. The lowest BCUT2D eigenvalue weighted by molar-refractivity contribution is -0.139. The number of carbonyl (C=O) groups excluding carboxylic acids is 1. The average molecular weight is 355 g/mol. The van der Waals surface area contributed by atoms with E-state index >= 15 is 0 Å². The number of ether oxygens (including phenoxy) is 1. The van der Waals surface area contributed by atoms with Crippen LogP contribution in [0.4, 0.5) is 0 Å². The minimum atomic E-state index is -1.00. The molecule has 0 saturated heterocycles. The fourth-order valence-corrected chi connectivity index (χ4v) is 2.53. The lowest BCUT2D eigenvalue weighted by Crippen LogP contribution is -2.25. The zero-order valence-corrected chi connectivity index (χ0v) is 15.0. The van der Waals surface area contributed by atoms with Gasteiger partial charge in [0.2, 0.25) is 5.91 Å². The molecule has 2 rings (SSSR count). The molecule has 2 aromatic rings. The van der Waals surface area contributed by atoms with Crippen LogP contribution in [0.1, 0.15) is 30.0 Å². The van der Waals surface area contributed by atoms with E-state index in [0.29, 0.717) is 18.7 Å². The van der Waals surface area contributed by atoms with Gasteiger partial charge in [-0.1, -0.05) is 43.3 Å². The lowest BCUT2D eigenvalue weighted by atomic mass is 10.1. The topological polar surface area (TPSA) is 75.6 Å². The summed E-state index contributed by atoms with van der Waals surface area (Å²) in [6, 6.07) is 15.6. The molecule has 0 aliphatic carbocycles. The van der Waals surface area contributed by atoms with Gasteiger partial charge in [-0.05, 0) is 48.1 Å².